The molecule has 2 amide bonds. The minimum atomic E-state index is -0.330. The second-order valence-electron chi connectivity index (χ2n) is 8.33. The molecule has 10 heteroatoms. The lowest BCUT2D eigenvalue weighted by Gasteiger charge is -2.34. The summed E-state index contributed by atoms with van der Waals surface area (Å²) in [6, 6.07) is 18.8. The van der Waals surface area contributed by atoms with Crippen molar-refractivity contribution in [1.82, 2.24) is 20.5 Å². The molecule has 1 aliphatic rings. The lowest BCUT2D eigenvalue weighted by molar-refractivity contribution is 0.0958. The Balaban J connectivity index is 1.23. The highest BCUT2D eigenvalue weighted by atomic mass is 32.1. The molecule has 35 heavy (non-hydrogen) atoms. The molecule has 4 aromatic rings. The number of thiophene rings is 1. The van der Waals surface area contributed by atoms with Crippen molar-refractivity contribution in [2.75, 3.05) is 43.4 Å². The van der Waals surface area contributed by atoms with Crippen molar-refractivity contribution >= 4 is 51.1 Å². The molecule has 9 nitrogen and oxygen atoms in total. The quantitative estimate of drug-likeness (QED) is 0.286. The molecule has 0 spiro atoms. The van der Waals surface area contributed by atoms with Crippen LogP contribution in [0.2, 0.25) is 0 Å². The summed E-state index contributed by atoms with van der Waals surface area (Å²) in [4.78, 5) is 31.1. The van der Waals surface area contributed by atoms with E-state index in [1.54, 1.807) is 12.3 Å². The number of nitrogens with one attached hydrogen (secondary N) is 3. The Morgan fingerprint density at radius 2 is 1.77 bits per heavy atom. The van der Waals surface area contributed by atoms with E-state index in [1.165, 1.54) is 11.3 Å². The topological polar surface area (TPSA) is 106 Å². The molecule has 3 heterocycles. The first kappa shape index (κ1) is 22.8. The maximum atomic E-state index is 12.8. The average Bonchev–Trinajstić information content (AvgIpc) is 3.47. The second-order valence-corrected chi connectivity index (χ2v) is 9.38. The van der Waals surface area contributed by atoms with Crippen molar-refractivity contribution in [2.24, 2.45) is 5.10 Å². The molecule has 1 fully saturated rings. The van der Waals surface area contributed by atoms with Gasteiger partial charge in [0.1, 0.15) is 4.83 Å². The minimum absolute atomic E-state index is 0.256. The van der Waals surface area contributed by atoms with Gasteiger partial charge in [0.2, 0.25) is 0 Å². The minimum Gasteiger partial charge on any atom is -0.369 e. The van der Waals surface area contributed by atoms with E-state index in [4.69, 9.17) is 0 Å². The van der Waals surface area contributed by atoms with Gasteiger partial charge in [-0.15, -0.1) is 11.3 Å². The largest absolute Gasteiger partial charge is 0.369 e. The predicted molar refractivity (Wildman–Crippen MR) is 140 cm³/mol. The normalized spacial score (nSPS) is 14.5. The van der Waals surface area contributed by atoms with Crippen LogP contribution in [0.4, 0.5) is 11.5 Å². The molecule has 2 aromatic carbocycles. The summed E-state index contributed by atoms with van der Waals surface area (Å²) in [5, 5.41) is 14.6. The molecule has 1 saturated heterocycles. The van der Waals surface area contributed by atoms with Gasteiger partial charge >= 0.3 is 0 Å². The van der Waals surface area contributed by atoms with E-state index >= 15 is 0 Å². The first-order valence-electron chi connectivity index (χ1n) is 11.3. The summed E-state index contributed by atoms with van der Waals surface area (Å²) in [5.41, 5.74) is 5.07. The van der Waals surface area contributed by atoms with Gasteiger partial charge in [-0.2, -0.15) is 10.2 Å². The first-order chi connectivity index (χ1) is 17.1. The SMILES string of the molecule is CN1CCN(c2ccc(C(=O)Nc3n[nH]c4sc(C(=O)N/N=C/c5ccccc5)cc34)cc2)CC1. The van der Waals surface area contributed by atoms with Gasteiger partial charge in [0.15, 0.2) is 5.82 Å². The van der Waals surface area contributed by atoms with Crippen LogP contribution in [0, 0.1) is 0 Å². The van der Waals surface area contributed by atoms with Crippen molar-refractivity contribution < 1.29 is 9.59 Å². The number of amides is 2. The van der Waals surface area contributed by atoms with Crippen LogP contribution in [0.15, 0.2) is 65.8 Å². The van der Waals surface area contributed by atoms with Gasteiger partial charge in [-0.1, -0.05) is 30.3 Å². The zero-order chi connectivity index (χ0) is 24.2. The zero-order valence-corrected chi connectivity index (χ0v) is 20.0. The lowest BCUT2D eigenvalue weighted by atomic mass is 10.1. The molecule has 3 N–H and O–H groups in total. The van der Waals surface area contributed by atoms with E-state index in [0.717, 1.165) is 37.4 Å². The fourth-order valence-electron chi connectivity index (χ4n) is 3.85. The standard InChI is InChI=1S/C25H25N7O2S/c1-31-11-13-32(14-12-31)19-9-7-18(8-10-19)23(33)27-22-20-15-21(35-25(20)30-28-22)24(34)29-26-16-17-5-3-2-4-6-17/h2-10,15-16H,11-14H2,1H3,(H,29,34)(H2,27,28,30,33)/b26-16+. The van der Waals surface area contributed by atoms with Crippen LogP contribution < -0.4 is 15.6 Å². The highest BCUT2D eigenvalue weighted by Crippen LogP contribution is 2.29. The van der Waals surface area contributed by atoms with Gasteiger partial charge < -0.3 is 15.1 Å². The maximum Gasteiger partial charge on any atom is 0.281 e. The summed E-state index contributed by atoms with van der Waals surface area (Å²) < 4.78 is 0. The number of piperazine rings is 1. The number of nitrogens with zero attached hydrogens (tertiary/aromatic N) is 4. The molecule has 0 atom stereocenters. The predicted octanol–water partition coefficient (Wildman–Crippen LogP) is 3.39. The third-order valence-electron chi connectivity index (χ3n) is 5.89. The number of hydrogen-bond acceptors (Lipinski definition) is 7. The summed E-state index contributed by atoms with van der Waals surface area (Å²) >= 11 is 1.25. The van der Waals surface area contributed by atoms with Crippen LogP contribution in [-0.2, 0) is 0 Å². The Hall–Kier alpha value is -4.02. The highest BCUT2D eigenvalue weighted by Gasteiger charge is 2.18. The molecule has 5 rings (SSSR count). The maximum absolute atomic E-state index is 12.8. The van der Waals surface area contributed by atoms with Crippen molar-refractivity contribution in [3.05, 3.63) is 76.7 Å². The summed E-state index contributed by atoms with van der Waals surface area (Å²) in [5.74, 6) is -0.201. The molecule has 0 unspecified atom stereocenters. The summed E-state index contributed by atoms with van der Waals surface area (Å²) in [7, 11) is 2.12. The zero-order valence-electron chi connectivity index (χ0n) is 19.2. The molecule has 2 aromatic heterocycles. The molecule has 0 saturated carbocycles. The average molecular weight is 488 g/mol. The number of carbonyl (C=O) groups excluding carboxylic acids is 2. The van der Waals surface area contributed by atoms with Gasteiger partial charge in [0.05, 0.1) is 16.5 Å². The number of aromatic amines is 1. The number of hydrazone groups is 1. The number of fused-ring (bicyclic) bond motifs is 1. The van der Waals surface area contributed by atoms with Crippen molar-refractivity contribution in [1.29, 1.82) is 0 Å². The fraction of sp³-hybridized carbons (Fsp3) is 0.200. The smallest absolute Gasteiger partial charge is 0.281 e. The van der Waals surface area contributed by atoms with Crippen LogP contribution in [-0.4, -0.2) is 66.4 Å². The second kappa shape index (κ2) is 10.1. The van der Waals surface area contributed by atoms with Gasteiger partial charge in [-0.3, -0.25) is 14.7 Å². The Morgan fingerprint density at radius 3 is 2.51 bits per heavy atom. The van der Waals surface area contributed by atoms with Gasteiger partial charge in [-0.25, -0.2) is 5.43 Å². The monoisotopic (exact) mass is 487 g/mol. The van der Waals surface area contributed by atoms with E-state index in [9.17, 15) is 9.59 Å². The van der Waals surface area contributed by atoms with Crippen LogP contribution in [0.1, 0.15) is 25.6 Å². The number of aromatic nitrogens is 2. The van der Waals surface area contributed by atoms with Gasteiger partial charge in [-0.05, 0) is 42.9 Å². The number of hydrogen-bond donors (Lipinski definition) is 3. The van der Waals surface area contributed by atoms with Crippen LogP contribution in [0.5, 0.6) is 0 Å². The van der Waals surface area contributed by atoms with E-state index in [2.05, 4.69) is 42.9 Å². The molecule has 0 aliphatic carbocycles. The molecule has 178 valence electrons. The van der Waals surface area contributed by atoms with Gasteiger partial charge in [0, 0.05) is 37.4 Å². The summed E-state index contributed by atoms with van der Waals surface area (Å²) in [6.45, 7) is 3.99. The third kappa shape index (κ3) is 5.23. The van der Waals surface area contributed by atoms with Crippen LogP contribution in [0.25, 0.3) is 10.2 Å². The van der Waals surface area contributed by atoms with E-state index < -0.39 is 0 Å². The Labute approximate surface area is 206 Å². The lowest BCUT2D eigenvalue weighted by Crippen LogP contribution is -2.44. The Morgan fingerprint density at radius 1 is 1.03 bits per heavy atom. The van der Waals surface area contributed by atoms with E-state index in [1.807, 2.05) is 54.6 Å². The highest BCUT2D eigenvalue weighted by molar-refractivity contribution is 7.20. The van der Waals surface area contributed by atoms with E-state index in [0.29, 0.717) is 26.5 Å². The third-order valence-corrected chi connectivity index (χ3v) is 6.93. The van der Waals surface area contributed by atoms with Crippen molar-refractivity contribution in [3.8, 4) is 0 Å². The molecule has 0 radical (unpaired) electrons. The molecular weight excluding hydrogens is 462 g/mol. The molecule has 1 aliphatic heterocycles. The number of H-pyrrole nitrogens is 1. The van der Waals surface area contributed by atoms with Gasteiger partial charge in [0.25, 0.3) is 11.8 Å². The number of carbonyl (C=O) groups is 2. The summed E-state index contributed by atoms with van der Waals surface area (Å²) in [6.07, 6.45) is 1.58. The van der Waals surface area contributed by atoms with Crippen LogP contribution >= 0.6 is 11.3 Å². The van der Waals surface area contributed by atoms with E-state index in [-0.39, 0.29) is 11.8 Å². The Bertz CT molecular complexity index is 1350. The Kier molecular flexibility index (Phi) is 6.55. The van der Waals surface area contributed by atoms with Crippen LogP contribution in [0.3, 0.4) is 0 Å². The number of likely N-dealkylation sites (N-methyl/N-ethyl adjacent to an activating group) is 1. The molecule has 0 bridgehead atoms. The van der Waals surface area contributed by atoms with Crippen molar-refractivity contribution in [2.45, 2.75) is 0 Å². The fourth-order valence-corrected chi connectivity index (χ4v) is 4.74. The number of anilines is 2. The number of rotatable bonds is 6. The number of benzene rings is 2. The van der Waals surface area contributed by atoms with Crippen molar-refractivity contribution in [3.63, 3.8) is 0 Å². The molecular formula is C25H25N7O2S. The first-order valence-corrected chi connectivity index (χ1v) is 12.1.